The standard InChI is InChI=1S/C24H28N4O5S/c1-26-13-19-18-9-16(14-34(2,32)33)3-4-20(18)28(11-15-5-7-27(8-6-15)24(30)31)12-17-10-25-22(21(17)19)23(26)29/h3-4,9-10,13,15,25H,5-8,11-12,14H2,1-2H3,(H,30,31). The van der Waals surface area contributed by atoms with Crippen molar-refractivity contribution in [2.45, 2.75) is 25.1 Å². The fourth-order valence-electron chi connectivity index (χ4n) is 5.30. The number of sulfone groups is 1. The van der Waals surface area contributed by atoms with Gasteiger partial charge in [0, 0.05) is 74.1 Å². The van der Waals surface area contributed by atoms with E-state index in [2.05, 4.69) is 9.88 Å². The molecule has 1 amide bonds. The van der Waals surface area contributed by atoms with Gasteiger partial charge >= 0.3 is 6.09 Å². The highest BCUT2D eigenvalue weighted by Gasteiger charge is 2.29. The third-order valence-corrected chi connectivity index (χ3v) is 7.79. The molecule has 0 bridgehead atoms. The van der Waals surface area contributed by atoms with Gasteiger partial charge in [-0.15, -0.1) is 0 Å². The number of aryl methyl sites for hydroxylation is 1. The first-order chi connectivity index (χ1) is 16.1. The molecule has 0 atom stereocenters. The SMILES string of the molecule is Cn1cc2c3c(c[nH]c3c1=O)CN(CC1CCN(C(=O)O)CC1)c1ccc(CS(C)(=O)=O)cc1-2. The predicted molar refractivity (Wildman–Crippen MR) is 131 cm³/mol. The van der Waals surface area contributed by atoms with Gasteiger partial charge in [0.15, 0.2) is 9.84 Å². The van der Waals surface area contributed by atoms with Crippen molar-refractivity contribution in [2.24, 2.45) is 13.0 Å². The van der Waals surface area contributed by atoms with Gasteiger partial charge < -0.3 is 24.5 Å². The molecule has 9 nitrogen and oxygen atoms in total. The average Bonchev–Trinajstić information content (AvgIpc) is 3.14. The number of H-pyrrole nitrogens is 1. The Morgan fingerprint density at radius 1 is 1.21 bits per heavy atom. The van der Waals surface area contributed by atoms with Crippen LogP contribution in [0.15, 0.2) is 35.4 Å². The van der Waals surface area contributed by atoms with Crippen LogP contribution in [-0.4, -0.2) is 60.0 Å². The molecule has 2 N–H and O–H groups in total. The quantitative estimate of drug-likeness (QED) is 0.588. The van der Waals surface area contributed by atoms with Crippen LogP contribution in [0.4, 0.5) is 10.5 Å². The molecule has 2 aliphatic rings. The third kappa shape index (κ3) is 4.06. The molecule has 4 heterocycles. The van der Waals surface area contributed by atoms with Gasteiger partial charge in [-0.1, -0.05) is 6.07 Å². The zero-order chi connectivity index (χ0) is 24.2. The average molecular weight is 485 g/mol. The maximum absolute atomic E-state index is 12.8. The molecule has 2 aliphatic heterocycles. The largest absolute Gasteiger partial charge is 0.465 e. The Kier molecular flexibility index (Phi) is 5.43. The smallest absolute Gasteiger partial charge is 0.407 e. The molecule has 180 valence electrons. The van der Waals surface area contributed by atoms with Gasteiger partial charge in [0.2, 0.25) is 0 Å². The summed E-state index contributed by atoms with van der Waals surface area (Å²) in [6, 6.07) is 5.77. The van der Waals surface area contributed by atoms with E-state index in [4.69, 9.17) is 0 Å². The number of anilines is 1. The van der Waals surface area contributed by atoms with Gasteiger partial charge in [0.25, 0.3) is 5.56 Å². The van der Waals surface area contributed by atoms with Crippen LogP contribution in [0.25, 0.3) is 22.0 Å². The summed E-state index contributed by atoms with van der Waals surface area (Å²) in [4.78, 5) is 31.0. The number of nitrogens with one attached hydrogen (secondary N) is 1. The van der Waals surface area contributed by atoms with Crippen LogP contribution in [0.5, 0.6) is 0 Å². The molecule has 10 heteroatoms. The zero-order valence-corrected chi connectivity index (χ0v) is 20.1. The molecule has 1 saturated heterocycles. The second-order valence-corrected chi connectivity index (χ2v) is 11.7. The fourth-order valence-corrected chi connectivity index (χ4v) is 6.09. The van der Waals surface area contributed by atoms with E-state index in [-0.39, 0.29) is 11.3 Å². The molecular weight excluding hydrogens is 456 g/mol. The first-order valence-corrected chi connectivity index (χ1v) is 13.4. The van der Waals surface area contributed by atoms with Crippen molar-refractivity contribution in [3.63, 3.8) is 0 Å². The maximum atomic E-state index is 12.8. The van der Waals surface area contributed by atoms with Gasteiger partial charge in [-0.2, -0.15) is 0 Å². The molecule has 1 fully saturated rings. The van der Waals surface area contributed by atoms with Crippen LogP contribution in [0.3, 0.4) is 0 Å². The lowest BCUT2D eigenvalue weighted by Crippen LogP contribution is -2.41. The first kappa shape index (κ1) is 22.5. The highest BCUT2D eigenvalue weighted by Crippen LogP contribution is 2.41. The molecule has 1 aromatic carbocycles. The minimum Gasteiger partial charge on any atom is -0.465 e. The van der Waals surface area contributed by atoms with Crippen molar-refractivity contribution in [3.8, 4) is 11.1 Å². The number of aromatic nitrogens is 2. The number of amides is 1. The Morgan fingerprint density at radius 2 is 1.94 bits per heavy atom. The lowest BCUT2D eigenvalue weighted by molar-refractivity contribution is 0.125. The van der Waals surface area contributed by atoms with E-state index in [1.807, 2.05) is 30.6 Å². The minimum absolute atomic E-state index is 0.0527. The lowest BCUT2D eigenvalue weighted by Gasteiger charge is -2.35. The summed E-state index contributed by atoms with van der Waals surface area (Å²) >= 11 is 0. The minimum atomic E-state index is -3.21. The summed E-state index contributed by atoms with van der Waals surface area (Å²) < 4.78 is 25.5. The Bertz CT molecular complexity index is 1450. The normalized spacial score (nSPS) is 16.5. The summed E-state index contributed by atoms with van der Waals surface area (Å²) in [6.07, 6.45) is 5.66. The second kappa shape index (κ2) is 8.19. The summed E-state index contributed by atoms with van der Waals surface area (Å²) in [7, 11) is -1.49. The number of piperidine rings is 1. The molecular formula is C24H28N4O5S. The second-order valence-electron chi connectivity index (χ2n) is 9.54. The number of carbonyl (C=O) groups is 1. The predicted octanol–water partition coefficient (Wildman–Crippen LogP) is 2.79. The summed E-state index contributed by atoms with van der Waals surface area (Å²) in [5.74, 6) is 0.281. The Morgan fingerprint density at radius 3 is 2.62 bits per heavy atom. The van der Waals surface area contributed by atoms with Crippen LogP contribution in [0.2, 0.25) is 0 Å². The molecule has 0 spiro atoms. The number of carboxylic acid groups (broad SMARTS) is 1. The van der Waals surface area contributed by atoms with Crippen molar-refractivity contribution in [3.05, 3.63) is 52.1 Å². The van der Waals surface area contributed by atoms with Crippen molar-refractivity contribution < 1.29 is 18.3 Å². The Hall–Kier alpha value is -3.27. The molecule has 0 aliphatic carbocycles. The molecule has 34 heavy (non-hydrogen) atoms. The van der Waals surface area contributed by atoms with E-state index in [0.29, 0.717) is 36.6 Å². The van der Waals surface area contributed by atoms with E-state index in [0.717, 1.165) is 47.2 Å². The van der Waals surface area contributed by atoms with E-state index >= 15 is 0 Å². The molecule has 0 saturated carbocycles. The topological polar surface area (TPSA) is 116 Å². The summed E-state index contributed by atoms with van der Waals surface area (Å²) in [6.45, 7) is 2.41. The molecule has 0 unspecified atom stereocenters. The number of benzene rings is 1. The highest BCUT2D eigenvalue weighted by atomic mass is 32.2. The number of pyridine rings is 1. The van der Waals surface area contributed by atoms with E-state index < -0.39 is 15.9 Å². The fraction of sp³-hybridized carbons (Fsp3) is 0.417. The van der Waals surface area contributed by atoms with Crippen LogP contribution < -0.4 is 10.5 Å². The number of aromatic amines is 1. The van der Waals surface area contributed by atoms with Crippen LogP contribution in [0, 0.1) is 5.92 Å². The number of hydrogen-bond acceptors (Lipinski definition) is 5. The van der Waals surface area contributed by atoms with Crippen LogP contribution in [-0.2, 0) is 29.2 Å². The van der Waals surface area contributed by atoms with Crippen molar-refractivity contribution in [2.75, 3.05) is 30.8 Å². The van der Waals surface area contributed by atoms with Gasteiger partial charge in [0.05, 0.1) is 5.75 Å². The molecule has 0 radical (unpaired) electrons. The van der Waals surface area contributed by atoms with Crippen molar-refractivity contribution in [1.29, 1.82) is 0 Å². The third-order valence-electron chi connectivity index (χ3n) is 6.93. The van der Waals surface area contributed by atoms with E-state index in [1.54, 1.807) is 11.6 Å². The number of nitrogens with zero attached hydrogens (tertiary/aromatic N) is 3. The van der Waals surface area contributed by atoms with Crippen LogP contribution >= 0.6 is 0 Å². The van der Waals surface area contributed by atoms with Crippen molar-refractivity contribution in [1.82, 2.24) is 14.5 Å². The van der Waals surface area contributed by atoms with Gasteiger partial charge in [-0.05, 0) is 42.0 Å². The molecule has 3 aromatic rings. The zero-order valence-electron chi connectivity index (χ0n) is 19.2. The Balaban J connectivity index is 1.59. The monoisotopic (exact) mass is 484 g/mol. The number of hydrogen-bond donors (Lipinski definition) is 2. The summed E-state index contributed by atoms with van der Waals surface area (Å²) in [5, 5.41) is 10.1. The number of likely N-dealkylation sites (tertiary alicyclic amines) is 1. The van der Waals surface area contributed by atoms with Crippen LogP contribution in [0.1, 0.15) is 24.0 Å². The van der Waals surface area contributed by atoms with Gasteiger partial charge in [-0.25, -0.2) is 13.2 Å². The number of rotatable bonds is 4. The van der Waals surface area contributed by atoms with Gasteiger partial charge in [0.1, 0.15) is 5.52 Å². The maximum Gasteiger partial charge on any atom is 0.407 e. The van der Waals surface area contributed by atoms with Gasteiger partial charge in [-0.3, -0.25) is 4.79 Å². The van der Waals surface area contributed by atoms with E-state index in [9.17, 15) is 23.1 Å². The summed E-state index contributed by atoms with van der Waals surface area (Å²) in [5.41, 5.74) is 4.97. The highest BCUT2D eigenvalue weighted by molar-refractivity contribution is 7.89. The number of fused-ring (bicyclic) bond motifs is 2. The lowest BCUT2D eigenvalue weighted by atomic mass is 9.95. The molecule has 5 rings (SSSR count). The molecule has 2 aromatic heterocycles. The Labute approximate surface area is 197 Å². The van der Waals surface area contributed by atoms with E-state index in [1.165, 1.54) is 11.2 Å². The first-order valence-electron chi connectivity index (χ1n) is 11.3. The van der Waals surface area contributed by atoms with Crippen molar-refractivity contribution >= 4 is 32.5 Å².